The minimum absolute atomic E-state index is 0.338. The second kappa shape index (κ2) is 5.09. The molecule has 2 N–H and O–H groups in total. The van der Waals surface area contributed by atoms with Crippen LogP contribution in [0.15, 0.2) is 22.7 Å². The Balaban J connectivity index is 2.01. The number of halogens is 2. The number of anilines is 1. The number of ether oxygens (including phenoxy) is 1. The predicted octanol–water partition coefficient (Wildman–Crippen LogP) is 3.36. The predicted molar refractivity (Wildman–Crippen MR) is 78.9 cm³/mol. The third-order valence-corrected chi connectivity index (χ3v) is 3.95. The van der Waals surface area contributed by atoms with Gasteiger partial charge in [0, 0.05) is 18.7 Å². The molecule has 1 heterocycles. The second-order valence-electron chi connectivity index (χ2n) is 5.10. The van der Waals surface area contributed by atoms with Crippen LogP contribution in [0.3, 0.4) is 0 Å². The van der Waals surface area contributed by atoms with E-state index in [0.29, 0.717) is 39.8 Å². The molecule has 1 fully saturated rings. The highest BCUT2D eigenvalue weighted by Crippen LogP contribution is 2.39. The lowest BCUT2D eigenvalue weighted by Crippen LogP contribution is -2.02. The number of hydrogen-bond acceptors (Lipinski definition) is 3. The van der Waals surface area contributed by atoms with E-state index in [9.17, 15) is 4.39 Å². The summed E-state index contributed by atoms with van der Waals surface area (Å²) in [6.45, 7) is 0.652. The molecule has 0 saturated heterocycles. The van der Waals surface area contributed by atoms with Gasteiger partial charge in [0.05, 0.1) is 16.8 Å². The smallest absolute Gasteiger partial charge is 0.143 e. The van der Waals surface area contributed by atoms with E-state index >= 15 is 0 Å². The van der Waals surface area contributed by atoms with Gasteiger partial charge in [-0.3, -0.25) is 4.68 Å². The van der Waals surface area contributed by atoms with Gasteiger partial charge in [-0.1, -0.05) is 0 Å². The fraction of sp³-hybridized carbons (Fsp3) is 0.357. The van der Waals surface area contributed by atoms with Crippen molar-refractivity contribution in [2.75, 3.05) is 12.3 Å². The molecule has 0 radical (unpaired) electrons. The fourth-order valence-corrected chi connectivity index (χ4v) is 2.54. The van der Waals surface area contributed by atoms with Gasteiger partial charge in [0.1, 0.15) is 17.4 Å². The van der Waals surface area contributed by atoms with Crippen molar-refractivity contribution < 1.29 is 9.13 Å². The Hall–Kier alpha value is -1.56. The lowest BCUT2D eigenvalue weighted by molar-refractivity contribution is 0.298. The first-order chi connectivity index (χ1) is 9.54. The lowest BCUT2D eigenvalue weighted by atomic mass is 10.1. The molecule has 106 valence electrons. The summed E-state index contributed by atoms with van der Waals surface area (Å²) in [7, 11) is 1.75. The molecule has 0 bridgehead atoms. The number of nitrogens with two attached hydrogens (primary N) is 1. The summed E-state index contributed by atoms with van der Waals surface area (Å²) in [5.41, 5.74) is 7.01. The van der Waals surface area contributed by atoms with Crippen LogP contribution in [0.2, 0.25) is 0 Å². The van der Waals surface area contributed by atoms with Gasteiger partial charge in [0.25, 0.3) is 0 Å². The Kier molecular flexibility index (Phi) is 3.41. The Bertz CT molecular complexity index is 633. The maximum atomic E-state index is 13.7. The Labute approximate surface area is 124 Å². The van der Waals surface area contributed by atoms with Crippen LogP contribution in [0.5, 0.6) is 5.75 Å². The summed E-state index contributed by atoms with van der Waals surface area (Å²) in [6, 6.07) is 4.54. The van der Waals surface area contributed by atoms with Gasteiger partial charge in [0.15, 0.2) is 0 Å². The van der Waals surface area contributed by atoms with Gasteiger partial charge < -0.3 is 10.5 Å². The van der Waals surface area contributed by atoms with Crippen molar-refractivity contribution in [2.45, 2.75) is 12.8 Å². The van der Waals surface area contributed by atoms with E-state index in [4.69, 9.17) is 10.5 Å². The number of hydrogen-bond donors (Lipinski definition) is 1. The summed E-state index contributed by atoms with van der Waals surface area (Å²) in [5.74, 6) is 1.42. The highest BCUT2D eigenvalue weighted by molar-refractivity contribution is 9.10. The van der Waals surface area contributed by atoms with Crippen LogP contribution in [-0.4, -0.2) is 16.4 Å². The van der Waals surface area contributed by atoms with Crippen LogP contribution in [0.1, 0.15) is 12.8 Å². The van der Waals surface area contributed by atoms with Crippen molar-refractivity contribution >= 4 is 21.7 Å². The lowest BCUT2D eigenvalue weighted by Gasteiger charge is -2.12. The van der Waals surface area contributed by atoms with Gasteiger partial charge in [-0.2, -0.15) is 5.10 Å². The van der Waals surface area contributed by atoms with Crippen LogP contribution in [0, 0.1) is 11.7 Å². The fourth-order valence-electron chi connectivity index (χ4n) is 2.00. The molecule has 1 aromatic carbocycles. The molecule has 1 saturated carbocycles. The van der Waals surface area contributed by atoms with E-state index in [-0.39, 0.29) is 5.82 Å². The first-order valence-corrected chi connectivity index (χ1v) is 7.25. The number of benzene rings is 1. The average Bonchev–Trinajstić information content (AvgIpc) is 3.14. The normalized spacial score (nSPS) is 14.6. The first kappa shape index (κ1) is 13.4. The molecule has 0 spiro atoms. The molecule has 0 atom stereocenters. The summed E-state index contributed by atoms with van der Waals surface area (Å²) < 4.78 is 21.7. The SMILES string of the molecule is Cn1nc(-c2cc(F)cc(Br)c2OCC2CC2)cc1N. The van der Waals surface area contributed by atoms with E-state index in [0.717, 1.165) is 0 Å². The topological polar surface area (TPSA) is 53.1 Å². The molecular weight excluding hydrogens is 325 g/mol. The molecule has 0 aliphatic heterocycles. The minimum atomic E-state index is -0.338. The molecule has 6 heteroatoms. The van der Waals surface area contributed by atoms with E-state index in [1.807, 2.05) is 0 Å². The number of nitrogens with zero attached hydrogens (tertiary/aromatic N) is 2. The Morgan fingerprint density at radius 1 is 1.45 bits per heavy atom. The molecule has 1 aliphatic carbocycles. The largest absolute Gasteiger partial charge is 0.491 e. The van der Waals surface area contributed by atoms with Crippen molar-refractivity contribution in [1.82, 2.24) is 9.78 Å². The zero-order chi connectivity index (χ0) is 14.3. The number of rotatable bonds is 4. The van der Waals surface area contributed by atoms with Gasteiger partial charge in [0.2, 0.25) is 0 Å². The number of aromatic nitrogens is 2. The van der Waals surface area contributed by atoms with E-state index in [2.05, 4.69) is 21.0 Å². The number of aryl methyl sites for hydroxylation is 1. The molecule has 1 aliphatic rings. The van der Waals surface area contributed by atoms with Crippen molar-refractivity contribution in [1.29, 1.82) is 0 Å². The molecule has 4 nitrogen and oxygen atoms in total. The molecule has 1 aromatic heterocycles. The summed E-state index contributed by atoms with van der Waals surface area (Å²) in [4.78, 5) is 0. The van der Waals surface area contributed by atoms with Crippen molar-refractivity contribution in [2.24, 2.45) is 13.0 Å². The van der Waals surface area contributed by atoms with Crippen molar-refractivity contribution in [3.05, 3.63) is 28.5 Å². The highest BCUT2D eigenvalue weighted by atomic mass is 79.9. The van der Waals surface area contributed by atoms with Gasteiger partial charge >= 0.3 is 0 Å². The number of nitrogen functional groups attached to an aromatic ring is 1. The molecule has 2 aromatic rings. The quantitative estimate of drug-likeness (QED) is 0.929. The molecular formula is C14H15BrFN3O. The maximum absolute atomic E-state index is 13.7. The highest BCUT2D eigenvalue weighted by Gasteiger charge is 2.24. The summed E-state index contributed by atoms with van der Waals surface area (Å²) in [6.07, 6.45) is 2.40. The zero-order valence-electron chi connectivity index (χ0n) is 11.1. The van der Waals surface area contributed by atoms with Crippen LogP contribution in [-0.2, 0) is 7.05 Å². The van der Waals surface area contributed by atoms with Crippen LogP contribution in [0.25, 0.3) is 11.3 Å². The standard InChI is InChI=1S/C14H15BrFN3O/c1-19-13(17)6-12(18-19)10-4-9(16)5-11(15)14(10)20-7-8-2-3-8/h4-6,8H,2-3,7,17H2,1H3. The third kappa shape index (κ3) is 2.65. The van der Waals surface area contributed by atoms with Crippen molar-refractivity contribution in [3.63, 3.8) is 0 Å². The van der Waals surface area contributed by atoms with Gasteiger partial charge in [-0.05, 0) is 46.8 Å². The maximum Gasteiger partial charge on any atom is 0.143 e. The molecule has 20 heavy (non-hydrogen) atoms. The van der Waals surface area contributed by atoms with Crippen LogP contribution >= 0.6 is 15.9 Å². The zero-order valence-corrected chi connectivity index (χ0v) is 12.7. The van der Waals surface area contributed by atoms with Crippen LogP contribution in [0.4, 0.5) is 10.2 Å². The molecule has 0 amide bonds. The van der Waals surface area contributed by atoms with E-state index in [1.165, 1.54) is 25.0 Å². The monoisotopic (exact) mass is 339 g/mol. The summed E-state index contributed by atoms with van der Waals surface area (Å²) in [5, 5.41) is 4.29. The Morgan fingerprint density at radius 2 is 2.20 bits per heavy atom. The molecule has 3 rings (SSSR count). The molecule has 0 unspecified atom stereocenters. The second-order valence-corrected chi connectivity index (χ2v) is 5.95. The Morgan fingerprint density at radius 3 is 2.80 bits per heavy atom. The first-order valence-electron chi connectivity index (χ1n) is 6.46. The van der Waals surface area contributed by atoms with Gasteiger partial charge in [-0.15, -0.1) is 0 Å². The summed E-state index contributed by atoms with van der Waals surface area (Å²) >= 11 is 3.36. The average molecular weight is 340 g/mol. The van der Waals surface area contributed by atoms with Crippen molar-refractivity contribution in [3.8, 4) is 17.0 Å². The third-order valence-electron chi connectivity index (χ3n) is 3.36. The van der Waals surface area contributed by atoms with Crippen LogP contribution < -0.4 is 10.5 Å². The van der Waals surface area contributed by atoms with E-state index < -0.39 is 0 Å². The van der Waals surface area contributed by atoms with E-state index in [1.54, 1.807) is 17.8 Å². The minimum Gasteiger partial charge on any atom is -0.491 e. The van der Waals surface area contributed by atoms with Gasteiger partial charge in [-0.25, -0.2) is 4.39 Å².